The summed E-state index contributed by atoms with van der Waals surface area (Å²) >= 11 is 5.96. The van der Waals surface area contributed by atoms with Gasteiger partial charge in [0, 0.05) is 5.02 Å². The summed E-state index contributed by atoms with van der Waals surface area (Å²) in [5, 5.41) is 19.6. The zero-order valence-electron chi connectivity index (χ0n) is 9.07. The minimum Gasteiger partial charge on any atom is -0.385 e. The van der Waals surface area contributed by atoms with Crippen LogP contribution in [0.2, 0.25) is 5.02 Å². The predicted molar refractivity (Wildman–Crippen MR) is 61.1 cm³/mol. The molecule has 0 aliphatic rings. The molecule has 4 nitrogen and oxygen atoms in total. The summed E-state index contributed by atoms with van der Waals surface area (Å²) in [6.45, 7) is 3.56. The molecular weight excluding hydrogens is 230 g/mol. The van der Waals surface area contributed by atoms with Gasteiger partial charge in [0.2, 0.25) is 5.91 Å². The van der Waals surface area contributed by atoms with Crippen LogP contribution < -0.4 is 5.73 Å². The molecule has 2 unspecified atom stereocenters. The van der Waals surface area contributed by atoms with Gasteiger partial charge in [-0.25, -0.2) is 0 Å². The van der Waals surface area contributed by atoms with E-state index < -0.39 is 18.1 Å². The van der Waals surface area contributed by atoms with E-state index in [1.54, 1.807) is 26.0 Å². The van der Waals surface area contributed by atoms with Gasteiger partial charge in [0.05, 0.1) is 0 Å². The van der Waals surface area contributed by atoms with Crippen molar-refractivity contribution < 1.29 is 15.0 Å². The molecule has 1 rings (SSSR count). The van der Waals surface area contributed by atoms with Gasteiger partial charge in [0.25, 0.3) is 0 Å². The monoisotopic (exact) mass is 243 g/mol. The average molecular weight is 244 g/mol. The van der Waals surface area contributed by atoms with Crippen molar-refractivity contribution in [2.24, 2.45) is 5.73 Å². The lowest BCUT2D eigenvalue weighted by Gasteiger charge is -2.17. The Kier molecular flexibility index (Phi) is 3.91. The standard InChI is InChI=1S/C11H14ClNO3/c1-5-3-7(4-6(2)8(5)12)9(14)10(15)11(13)16/h3-4,9-10,14-15H,1-2H3,(H2,13,16). The van der Waals surface area contributed by atoms with Crippen molar-refractivity contribution in [3.8, 4) is 0 Å². The van der Waals surface area contributed by atoms with Gasteiger partial charge in [-0.3, -0.25) is 4.79 Å². The molecular formula is C11H14ClNO3. The van der Waals surface area contributed by atoms with Crippen LogP contribution in [0.3, 0.4) is 0 Å². The summed E-state index contributed by atoms with van der Waals surface area (Å²) < 4.78 is 0. The lowest BCUT2D eigenvalue weighted by molar-refractivity contribution is -0.131. The van der Waals surface area contributed by atoms with Crippen LogP contribution in [0, 0.1) is 13.8 Å². The lowest BCUT2D eigenvalue weighted by atomic mass is 9.99. The van der Waals surface area contributed by atoms with Crippen molar-refractivity contribution in [3.63, 3.8) is 0 Å². The summed E-state index contributed by atoms with van der Waals surface area (Å²) in [7, 11) is 0. The van der Waals surface area contributed by atoms with E-state index in [0.29, 0.717) is 10.6 Å². The molecule has 0 radical (unpaired) electrons. The van der Waals surface area contributed by atoms with Gasteiger partial charge in [0.1, 0.15) is 6.10 Å². The molecule has 1 aromatic rings. The third-order valence-electron chi connectivity index (χ3n) is 2.39. The molecule has 0 fully saturated rings. The maximum absolute atomic E-state index is 10.7. The first-order chi connectivity index (χ1) is 7.34. The molecule has 0 spiro atoms. The molecule has 16 heavy (non-hydrogen) atoms. The van der Waals surface area contributed by atoms with Gasteiger partial charge in [-0.2, -0.15) is 0 Å². The van der Waals surface area contributed by atoms with Crippen molar-refractivity contribution in [2.45, 2.75) is 26.1 Å². The van der Waals surface area contributed by atoms with E-state index in [1.807, 2.05) is 0 Å². The first-order valence-corrected chi connectivity index (χ1v) is 5.14. The van der Waals surface area contributed by atoms with Gasteiger partial charge in [0.15, 0.2) is 6.10 Å². The molecule has 4 N–H and O–H groups in total. The minimum atomic E-state index is -1.61. The number of aliphatic hydroxyl groups is 2. The van der Waals surface area contributed by atoms with Gasteiger partial charge in [-0.15, -0.1) is 0 Å². The van der Waals surface area contributed by atoms with Gasteiger partial charge in [-0.05, 0) is 30.5 Å². The van der Waals surface area contributed by atoms with E-state index in [1.165, 1.54) is 0 Å². The molecule has 1 aromatic carbocycles. The van der Waals surface area contributed by atoms with Crippen molar-refractivity contribution in [2.75, 3.05) is 0 Å². The van der Waals surface area contributed by atoms with Crippen LogP contribution in [0.4, 0.5) is 0 Å². The molecule has 1 amide bonds. The fourth-order valence-electron chi connectivity index (χ4n) is 1.49. The summed E-state index contributed by atoms with van der Waals surface area (Å²) in [6, 6.07) is 3.23. The number of benzene rings is 1. The number of aryl methyl sites for hydroxylation is 2. The molecule has 0 saturated heterocycles. The second kappa shape index (κ2) is 4.82. The van der Waals surface area contributed by atoms with Crippen LogP contribution in [0.15, 0.2) is 12.1 Å². The third kappa shape index (κ3) is 2.52. The summed E-state index contributed by atoms with van der Waals surface area (Å²) in [6.07, 6.45) is -2.94. The topological polar surface area (TPSA) is 83.6 Å². The Hall–Kier alpha value is -1.10. The second-order valence-corrected chi connectivity index (χ2v) is 4.14. The highest BCUT2D eigenvalue weighted by Crippen LogP contribution is 2.26. The third-order valence-corrected chi connectivity index (χ3v) is 2.99. The Bertz CT molecular complexity index is 397. The quantitative estimate of drug-likeness (QED) is 0.736. The summed E-state index contributed by atoms with van der Waals surface area (Å²) in [5.74, 6) is -0.960. The number of nitrogens with two attached hydrogens (primary N) is 1. The van der Waals surface area contributed by atoms with Crippen molar-refractivity contribution >= 4 is 17.5 Å². The fourth-order valence-corrected chi connectivity index (χ4v) is 1.60. The number of rotatable bonds is 3. The molecule has 0 heterocycles. The van der Waals surface area contributed by atoms with Crippen LogP contribution in [-0.4, -0.2) is 22.2 Å². The Morgan fingerprint density at radius 2 is 1.75 bits per heavy atom. The zero-order valence-corrected chi connectivity index (χ0v) is 9.82. The highest BCUT2D eigenvalue weighted by Gasteiger charge is 2.24. The van der Waals surface area contributed by atoms with Crippen LogP contribution >= 0.6 is 11.6 Å². The maximum Gasteiger partial charge on any atom is 0.249 e. The van der Waals surface area contributed by atoms with E-state index in [0.717, 1.165) is 11.1 Å². The summed E-state index contributed by atoms with van der Waals surface area (Å²) in [4.78, 5) is 10.7. The molecule has 0 bridgehead atoms. The largest absolute Gasteiger partial charge is 0.385 e. The van der Waals surface area contributed by atoms with Gasteiger partial charge in [-0.1, -0.05) is 23.7 Å². The first kappa shape index (κ1) is 13.0. The molecule has 88 valence electrons. The number of aliphatic hydroxyl groups excluding tert-OH is 2. The number of amides is 1. The SMILES string of the molecule is Cc1cc(C(O)C(O)C(N)=O)cc(C)c1Cl. The number of hydrogen-bond donors (Lipinski definition) is 3. The number of hydrogen-bond acceptors (Lipinski definition) is 3. The summed E-state index contributed by atoms with van der Waals surface area (Å²) in [5.41, 5.74) is 6.87. The molecule has 0 aromatic heterocycles. The Labute approximate surface area is 98.6 Å². The van der Waals surface area contributed by atoms with Crippen LogP contribution in [0.5, 0.6) is 0 Å². The van der Waals surface area contributed by atoms with Gasteiger partial charge < -0.3 is 15.9 Å². The highest BCUT2D eigenvalue weighted by atomic mass is 35.5. The smallest absolute Gasteiger partial charge is 0.249 e. The highest BCUT2D eigenvalue weighted by molar-refractivity contribution is 6.32. The predicted octanol–water partition coefficient (Wildman–Crippen LogP) is 0.836. The Balaban J connectivity index is 3.10. The minimum absolute atomic E-state index is 0.422. The van der Waals surface area contributed by atoms with E-state index >= 15 is 0 Å². The van der Waals surface area contributed by atoms with E-state index in [4.69, 9.17) is 17.3 Å². The number of carbonyl (C=O) groups excluding carboxylic acids is 1. The molecule has 5 heteroatoms. The van der Waals surface area contributed by atoms with Crippen molar-refractivity contribution in [1.82, 2.24) is 0 Å². The van der Waals surface area contributed by atoms with Crippen LogP contribution in [-0.2, 0) is 4.79 Å². The van der Waals surface area contributed by atoms with Crippen LogP contribution in [0.25, 0.3) is 0 Å². The second-order valence-electron chi connectivity index (χ2n) is 3.76. The lowest BCUT2D eigenvalue weighted by Crippen LogP contribution is -2.33. The number of primary amides is 1. The van der Waals surface area contributed by atoms with Crippen molar-refractivity contribution in [1.29, 1.82) is 0 Å². The fraction of sp³-hybridized carbons (Fsp3) is 0.364. The zero-order chi connectivity index (χ0) is 12.5. The van der Waals surface area contributed by atoms with E-state index in [-0.39, 0.29) is 0 Å². The normalized spacial score (nSPS) is 14.6. The molecule has 0 saturated carbocycles. The maximum atomic E-state index is 10.7. The number of halogens is 1. The molecule has 2 atom stereocenters. The molecule has 0 aliphatic carbocycles. The number of carbonyl (C=O) groups is 1. The Morgan fingerprint density at radius 1 is 1.31 bits per heavy atom. The van der Waals surface area contributed by atoms with E-state index in [2.05, 4.69) is 0 Å². The molecule has 0 aliphatic heterocycles. The van der Waals surface area contributed by atoms with Crippen molar-refractivity contribution in [3.05, 3.63) is 33.8 Å². The first-order valence-electron chi connectivity index (χ1n) is 4.76. The average Bonchev–Trinajstić information content (AvgIpc) is 2.22. The van der Waals surface area contributed by atoms with E-state index in [9.17, 15) is 15.0 Å². The Morgan fingerprint density at radius 3 is 2.12 bits per heavy atom. The van der Waals surface area contributed by atoms with Gasteiger partial charge >= 0.3 is 0 Å². The van der Waals surface area contributed by atoms with Crippen LogP contribution in [0.1, 0.15) is 22.8 Å².